The predicted molar refractivity (Wildman–Crippen MR) is 109 cm³/mol. The van der Waals surface area contributed by atoms with Gasteiger partial charge in [-0.15, -0.1) is 0 Å². The van der Waals surface area contributed by atoms with Gasteiger partial charge in [0.15, 0.2) is 0 Å². The summed E-state index contributed by atoms with van der Waals surface area (Å²) < 4.78 is 21.0. The van der Waals surface area contributed by atoms with Gasteiger partial charge in [0.2, 0.25) is 5.91 Å². The number of hydrogen-bond acceptors (Lipinski definition) is 3. The summed E-state index contributed by atoms with van der Waals surface area (Å²) in [5.74, 6) is 1.12. The zero-order valence-electron chi connectivity index (χ0n) is 16.4. The number of aryl methyl sites for hydroxylation is 1. The molecule has 1 aliphatic rings. The van der Waals surface area contributed by atoms with E-state index < -0.39 is 0 Å². The molecule has 1 fully saturated rings. The number of fused-ring (bicyclic) bond motifs is 2. The molecule has 1 amide bonds. The Bertz CT molecular complexity index is 1230. The van der Waals surface area contributed by atoms with Crippen molar-refractivity contribution < 1.29 is 13.6 Å². The molecule has 0 aliphatic heterocycles. The van der Waals surface area contributed by atoms with E-state index in [1.165, 1.54) is 17.7 Å². The summed E-state index contributed by atoms with van der Waals surface area (Å²) in [4.78, 5) is 12.5. The van der Waals surface area contributed by atoms with E-state index in [1.807, 2.05) is 24.9 Å². The standard InChI is InChI=1S/C23H22FN3O2/c1-13(22-10-17-7-18(24)5-6-21(17)29-22)26-23(28)11-16-8-19(16)14-3-4-15-12-25-27(2)20(15)9-14/h3-7,9-10,12-13,16,19H,8,11H2,1-2H3,(H,26,28)/t13-,16+,19+/m1/s1. The van der Waals surface area contributed by atoms with Crippen molar-refractivity contribution >= 4 is 27.8 Å². The lowest BCUT2D eigenvalue weighted by molar-refractivity contribution is -0.122. The number of halogens is 1. The molecule has 6 heteroatoms. The Labute approximate surface area is 167 Å². The second-order valence-electron chi connectivity index (χ2n) is 8.01. The van der Waals surface area contributed by atoms with E-state index in [1.54, 1.807) is 12.1 Å². The summed E-state index contributed by atoms with van der Waals surface area (Å²) in [6.45, 7) is 1.88. The minimum Gasteiger partial charge on any atom is -0.459 e. The van der Waals surface area contributed by atoms with Crippen LogP contribution in [0.5, 0.6) is 0 Å². The molecule has 5 rings (SSSR count). The summed E-state index contributed by atoms with van der Waals surface area (Å²) in [5.41, 5.74) is 3.01. The first-order valence-corrected chi connectivity index (χ1v) is 9.88. The highest BCUT2D eigenvalue weighted by molar-refractivity contribution is 5.81. The first kappa shape index (κ1) is 17.9. The van der Waals surface area contributed by atoms with Crippen LogP contribution in [0.25, 0.3) is 21.9 Å². The van der Waals surface area contributed by atoms with Crippen LogP contribution in [0.3, 0.4) is 0 Å². The quantitative estimate of drug-likeness (QED) is 0.530. The van der Waals surface area contributed by atoms with Gasteiger partial charge < -0.3 is 9.73 Å². The number of nitrogens with one attached hydrogen (secondary N) is 1. The van der Waals surface area contributed by atoms with Crippen molar-refractivity contribution in [2.45, 2.75) is 31.7 Å². The van der Waals surface area contributed by atoms with E-state index in [-0.39, 0.29) is 17.8 Å². The third-order valence-corrected chi connectivity index (χ3v) is 5.87. The van der Waals surface area contributed by atoms with E-state index in [9.17, 15) is 9.18 Å². The molecule has 2 aromatic carbocycles. The highest BCUT2D eigenvalue weighted by Crippen LogP contribution is 2.50. The number of hydrogen-bond donors (Lipinski definition) is 1. The fraction of sp³-hybridized carbons (Fsp3) is 0.304. The van der Waals surface area contributed by atoms with Gasteiger partial charge in [-0.1, -0.05) is 12.1 Å². The monoisotopic (exact) mass is 391 g/mol. The first-order chi connectivity index (χ1) is 14.0. The molecule has 0 radical (unpaired) electrons. The van der Waals surface area contributed by atoms with Crippen molar-refractivity contribution in [3.63, 3.8) is 0 Å². The van der Waals surface area contributed by atoms with Gasteiger partial charge in [0, 0.05) is 24.2 Å². The van der Waals surface area contributed by atoms with Gasteiger partial charge in [-0.2, -0.15) is 5.10 Å². The lowest BCUT2D eigenvalue weighted by Gasteiger charge is -2.11. The largest absolute Gasteiger partial charge is 0.459 e. The number of amides is 1. The lowest BCUT2D eigenvalue weighted by Crippen LogP contribution is -2.26. The van der Waals surface area contributed by atoms with Crippen LogP contribution in [0.2, 0.25) is 0 Å². The van der Waals surface area contributed by atoms with Crippen LogP contribution < -0.4 is 5.32 Å². The maximum absolute atomic E-state index is 13.4. The SMILES string of the molecule is C[C@@H](NC(=O)C[C@@H]1C[C@H]1c1ccc2cnn(C)c2c1)c1cc2cc(F)ccc2o1. The second-order valence-corrected chi connectivity index (χ2v) is 8.01. The molecule has 1 aliphatic carbocycles. The molecule has 1 N–H and O–H groups in total. The molecular formula is C23H22FN3O2. The van der Waals surface area contributed by atoms with Gasteiger partial charge in [-0.3, -0.25) is 9.48 Å². The topological polar surface area (TPSA) is 60.1 Å². The molecule has 4 aromatic rings. The Hall–Kier alpha value is -3.15. The van der Waals surface area contributed by atoms with E-state index in [0.29, 0.717) is 35.0 Å². The Morgan fingerprint density at radius 2 is 2.14 bits per heavy atom. The van der Waals surface area contributed by atoms with E-state index >= 15 is 0 Å². The van der Waals surface area contributed by atoms with Crippen LogP contribution in [-0.2, 0) is 11.8 Å². The second kappa shape index (κ2) is 6.72. The Kier molecular flexibility index (Phi) is 4.15. The molecule has 5 nitrogen and oxygen atoms in total. The number of rotatable bonds is 5. The zero-order chi connectivity index (χ0) is 20.1. The third kappa shape index (κ3) is 3.39. The van der Waals surface area contributed by atoms with Crippen molar-refractivity contribution in [1.29, 1.82) is 0 Å². The summed E-state index contributed by atoms with van der Waals surface area (Å²) in [5, 5.41) is 9.13. The number of carbonyl (C=O) groups excluding carboxylic acids is 1. The van der Waals surface area contributed by atoms with Crippen LogP contribution in [0, 0.1) is 11.7 Å². The van der Waals surface area contributed by atoms with Crippen LogP contribution in [0.4, 0.5) is 4.39 Å². The number of carbonyl (C=O) groups is 1. The maximum Gasteiger partial charge on any atom is 0.220 e. The number of benzene rings is 2. The van der Waals surface area contributed by atoms with Gasteiger partial charge in [0.1, 0.15) is 17.2 Å². The summed E-state index contributed by atoms with van der Waals surface area (Å²) in [6.07, 6.45) is 3.38. The highest BCUT2D eigenvalue weighted by atomic mass is 19.1. The Balaban J connectivity index is 1.22. The summed E-state index contributed by atoms with van der Waals surface area (Å²) >= 11 is 0. The summed E-state index contributed by atoms with van der Waals surface area (Å²) in [7, 11) is 1.94. The molecule has 3 atom stereocenters. The molecule has 29 heavy (non-hydrogen) atoms. The Morgan fingerprint density at radius 3 is 3.00 bits per heavy atom. The average molecular weight is 391 g/mol. The number of aromatic nitrogens is 2. The minimum atomic E-state index is -0.300. The van der Waals surface area contributed by atoms with Crippen molar-refractivity contribution in [1.82, 2.24) is 15.1 Å². The van der Waals surface area contributed by atoms with Gasteiger partial charge in [0.05, 0.1) is 17.8 Å². The molecule has 2 aromatic heterocycles. The number of furan rings is 1. The molecule has 0 unspecified atom stereocenters. The fourth-order valence-corrected chi connectivity index (χ4v) is 4.13. The van der Waals surface area contributed by atoms with Crippen LogP contribution in [0.1, 0.15) is 43.0 Å². The molecule has 2 heterocycles. The molecule has 148 valence electrons. The van der Waals surface area contributed by atoms with Gasteiger partial charge >= 0.3 is 0 Å². The fourth-order valence-electron chi connectivity index (χ4n) is 4.13. The van der Waals surface area contributed by atoms with E-state index in [2.05, 4.69) is 28.6 Å². The first-order valence-electron chi connectivity index (χ1n) is 9.88. The predicted octanol–water partition coefficient (Wildman–Crippen LogP) is 4.83. The average Bonchev–Trinajstić information content (AvgIpc) is 3.16. The van der Waals surface area contributed by atoms with Crippen molar-refractivity contribution in [3.05, 3.63) is 65.8 Å². The molecule has 0 saturated heterocycles. The molecule has 0 spiro atoms. The van der Waals surface area contributed by atoms with Crippen molar-refractivity contribution in [2.24, 2.45) is 13.0 Å². The van der Waals surface area contributed by atoms with Crippen molar-refractivity contribution in [2.75, 3.05) is 0 Å². The number of nitrogens with zero attached hydrogens (tertiary/aromatic N) is 2. The van der Waals surface area contributed by atoms with Gasteiger partial charge in [0.25, 0.3) is 0 Å². The highest BCUT2D eigenvalue weighted by Gasteiger charge is 2.39. The Morgan fingerprint density at radius 1 is 1.28 bits per heavy atom. The van der Waals surface area contributed by atoms with E-state index in [0.717, 1.165) is 17.3 Å². The smallest absolute Gasteiger partial charge is 0.220 e. The lowest BCUT2D eigenvalue weighted by atomic mass is 10.1. The zero-order valence-corrected chi connectivity index (χ0v) is 16.4. The molecule has 1 saturated carbocycles. The van der Waals surface area contributed by atoms with Crippen molar-refractivity contribution in [3.8, 4) is 0 Å². The van der Waals surface area contributed by atoms with E-state index in [4.69, 9.17) is 4.42 Å². The summed E-state index contributed by atoms with van der Waals surface area (Å²) in [6, 6.07) is 12.4. The van der Waals surface area contributed by atoms with Crippen LogP contribution in [-0.4, -0.2) is 15.7 Å². The van der Waals surface area contributed by atoms with Gasteiger partial charge in [-0.25, -0.2) is 4.39 Å². The molecule has 0 bridgehead atoms. The normalized spacial score (nSPS) is 19.6. The maximum atomic E-state index is 13.4. The van der Waals surface area contributed by atoms with Crippen LogP contribution in [0.15, 0.2) is 53.1 Å². The van der Waals surface area contributed by atoms with Gasteiger partial charge in [-0.05, 0) is 61.1 Å². The third-order valence-electron chi connectivity index (χ3n) is 5.87. The minimum absolute atomic E-state index is 0.0123. The molecular weight excluding hydrogens is 369 g/mol. The van der Waals surface area contributed by atoms with Crippen LogP contribution >= 0.6 is 0 Å².